The molecule has 0 saturated heterocycles. The number of ether oxygens (including phenoxy) is 3. The lowest BCUT2D eigenvalue weighted by Gasteiger charge is -2.32. The number of rotatable bonds is 7. The molecule has 2 aromatic carbocycles. The summed E-state index contributed by atoms with van der Waals surface area (Å²) < 4.78 is 44.4. The van der Waals surface area contributed by atoms with Gasteiger partial charge in [0.25, 0.3) is 0 Å². The largest absolute Gasteiger partial charge is 0.493 e. The number of nitrogens with one attached hydrogen (secondary N) is 1. The van der Waals surface area contributed by atoms with Crippen LogP contribution in [0.4, 0.5) is 5.69 Å². The Balaban J connectivity index is 1.87. The molecular formula is C21H26N2O6S2. The highest BCUT2D eigenvalue weighted by atomic mass is 32.2. The third-order valence-corrected chi connectivity index (χ3v) is 7.42. The number of nitrogens with zero attached hydrogens (tertiary/aromatic N) is 1. The Labute approximate surface area is 186 Å². The molecule has 10 heteroatoms. The number of amides is 1. The smallest absolute Gasteiger partial charge is 0.240 e. The fraction of sp³-hybridized carbons (Fsp3) is 0.381. The zero-order valence-electron chi connectivity index (χ0n) is 18.1. The Kier molecular flexibility index (Phi) is 7.03. The van der Waals surface area contributed by atoms with Crippen LogP contribution in [-0.2, 0) is 21.4 Å². The predicted molar refractivity (Wildman–Crippen MR) is 120 cm³/mol. The monoisotopic (exact) mass is 466 g/mol. The maximum absolute atomic E-state index is 13.0. The third-order valence-electron chi connectivity index (χ3n) is 4.87. The Morgan fingerprint density at radius 2 is 1.77 bits per heavy atom. The third kappa shape index (κ3) is 4.91. The van der Waals surface area contributed by atoms with Crippen LogP contribution in [0.25, 0.3) is 0 Å². The lowest BCUT2D eigenvalue weighted by Crippen LogP contribution is -2.37. The van der Waals surface area contributed by atoms with Crippen LogP contribution in [0, 0.1) is 0 Å². The number of hydrogen-bond donors (Lipinski definition) is 1. The number of carbonyl (C=O) groups is 1. The molecule has 1 heterocycles. The number of benzene rings is 2. The van der Waals surface area contributed by atoms with Crippen LogP contribution in [0.3, 0.4) is 0 Å². The highest BCUT2D eigenvalue weighted by Gasteiger charge is 2.27. The van der Waals surface area contributed by atoms with Gasteiger partial charge in [0.2, 0.25) is 21.7 Å². The Morgan fingerprint density at radius 3 is 2.32 bits per heavy atom. The summed E-state index contributed by atoms with van der Waals surface area (Å²) in [5.41, 5.74) is 1.26. The van der Waals surface area contributed by atoms with Gasteiger partial charge in [-0.3, -0.25) is 4.79 Å². The lowest BCUT2D eigenvalue weighted by atomic mass is 10.2. The molecule has 8 nitrogen and oxygen atoms in total. The molecule has 0 saturated carbocycles. The molecule has 3 rings (SSSR count). The summed E-state index contributed by atoms with van der Waals surface area (Å²) in [4.78, 5) is 14.7. The normalized spacial score (nSPS) is 15.9. The molecule has 0 radical (unpaired) electrons. The van der Waals surface area contributed by atoms with Crippen molar-refractivity contribution in [3.8, 4) is 17.2 Å². The van der Waals surface area contributed by atoms with Gasteiger partial charge in [-0.25, -0.2) is 13.1 Å². The maximum atomic E-state index is 13.0. The average molecular weight is 467 g/mol. The van der Waals surface area contributed by atoms with Crippen molar-refractivity contribution >= 4 is 33.4 Å². The average Bonchev–Trinajstić information content (AvgIpc) is 2.75. The zero-order valence-corrected chi connectivity index (χ0v) is 19.7. The van der Waals surface area contributed by atoms with E-state index in [2.05, 4.69) is 4.72 Å². The van der Waals surface area contributed by atoms with Gasteiger partial charge in [0.1, 0.15) is 0 Å². The van der Waals surface area contributed by atoms with Crippen LogP contribution in [0.2, 0.25) is 0 Å². The molecule has 0 bridgehead atoms. The minimum Gasteiger partial charge on any atom is -0.493 e. The molecular weight excluding hydrogens is 440 g/mol. The zero-order chi connectivity index (χ0) is 22.8. The van der Waals surface area contributed by atoms with E-state index in [-0.39, 0.29) is 22.6 Å². The van der Waals surface area contributed by atoms with E-state index in [0.29, 0.717) is 35.0 Å². The first-order valence-electron chi connectivity index (χ1n) is 9.57. The maximum Gasteiger partial charge on any atom is 0.240 e. The van der Waals surface area contributed by atoms with E-state index in [1.807, 2.05) is 6.92 Å². The van der Waals surface area contributed by atoms with Crippen molar-refractivity contribution in [2.75, 3.05) is 32.8 Å². The number of thioether (sulfide) groups is 1. The van der Waals surface area contributed by atoms with Gasteiger partial charge in [-0.15, -0.1) is 11.8 Å². The second-order valence-corrected chi connectivity index (χ2v) is 10.3. The van der Waals surface area contributed by atoms with Crippen molar-refractivity contribution in [2.45, 2.75) is 35.4 Å². The van der Waals surface area contributed by atoms with Gasteiger partial charge in [0, 0.05) is 30.2 Å². The summed E-state index contributed by atoms with van der Waals surface area (Å²) in [5.74, 6) is 1.19. The summed E-state index contributed by atoms with van der Waals surface area (Å²) in [5, 5.41) is 0.233. The molecule has 2 aromatic rings. The molecule has 1 amide bonds. The van der Waals surface area contributed by atoms with Crippen molar-refractivity contribution in [1.29, 1.82) is 0 Å². The molecule has 0 unspecified atom stereocenters. The second-order valence-electron chi connectivity index (χ2n) is 7.05. The van der Waals surface area contributed by atoms with Crippen molar-refractivity contribution < 1.29 is 27.4 Å². The first-order chi connectivity index (χ1) is 14.7. The van der Waals surface area contributed by atoms with E-state index in [4.69, 9.17) is 14.2 Å². The quantitative estimate of drug-likeness (QED) is 0.670. The summed E-state index contributed by atoms with van der Waals surface area (Å²) in [6.07, 6.45) is 0. The molecule has 1 aliphatic rings. The first-order valence-corrected chi connectivity index (χ1v) is 11.9. The summed E-state index contributed by atoms with van der Waals surface area (Å²) in [7, 11) is 0.679. The Hall–Kier alpha value is -2.43. The highest BCUT2D eigenvalue weighted by Crippen LogP contribution is 2.40. The van der Waals surface area contributed by atoms with E-state index < -0.39 is 10.0 Å². The van der Waals surface area contributed by atoms with Crippen LogP contribution in [0.5, 0.6) is 17.2 Å². The molecule has 0 fully saturated rings. The van der Waals surface area contributed by atoms with E-state index in [9.17, 15) is 13.2 Å². The van der Waals surface area contributed by atoms with Crippen LogP contribution < -0.4 is 23.8 Å². The van der Waals surface area contributed by atoms with E-state index in [1.54, 1.807) is 47.0 Å². The number of sulfonamides is 1. The fourth-order valence-electron chi connectivity index (χ4n) is 3.38. The summed E-state index contributed by atoms with van der Waals surface area (Å²) >= 11 is 1.63. The van der Waals surface area contributed by atoms with Gasteiger partial charge in [-0.05, 0) is 35.9 Å². The predicted octanol–water partition coefficient (Wildman–Crippen LogP) is 3.04. The molecule has 0 aromatic heterocycles. The molecule has 1 aliphatic heterocycles. The molecule has 1 N–H and O–H groups in total. The molecule has 168 valence electrons. The minimum atomic E-state index is -3.82. The topological polar surface area (TPSA) is 94.2 Å². The van der Waals surface area contributed by atoms with Gasteiger partial charge in [0.15, 0.2) is 11.5 Å². The van der Waals surface area contributed by atoms with Crippen LogP contribution >= 0.6 is 11.8 Å². The summed E-state index contributed by atoms with van der Waals surface area (Å²) in [6.45, 7) is 4.08. The van der Waals surface area contributed by atoms with E-state index in [0.717, 1.165) is 4.90 Å². The lowest BCUT2D eigenvalue weighted by molar-refractivity contribution is -0.116. The minimum absolute atomic E-state index is 0.0261. The van der Waals surface area contributed by atoms with Gasteiger partial charge >= 0.3 is 0 Å². The van der Waals surface area contributed by atoms with Gasteiger partial charge in [0.05, 0.1) is 31.9 Å². The number of anilines is 1. The molecule has 0 spiro atoms. The van der Waals surface area contributed by atoms with Crippen molar-refractivity contribution in [3.05, 3.63) is 35.9 Å². The fourth-order valence-corrected chi connectivity index (χ4v) is 5.51. The molecule has 1 atom stereocenters. The molecule has 0 aliphatic carbocycles. The van der Waals surface area contributed by atoms with Crippen molar-refractivity contribution in [1.82, 2.24) is 4.72 Å². The first kappa shape index (κ1) is 23.2. The van der Waals surface area contributed by atoms with Crippen molar-refractivity contribution in [2.24, 2.45) is 0 Å². The van der Waals surface area contributed by atoms with Crippen molar-refractivity contribution in [3.63, 3.8) is 0 Å². The Morgan fingerprint density at radius 1 is 1.13 bits per heavy atom. The SMILES string of the molecule is COc1cc(CNS(=O)(=O)c2ccc3c(c2)N(C(C)=O)C[C@@H](C)S3)cc(OC)c1OC. The number of methoxy groups -OCH3 is 3. The van der Waals surface area contributed by atoms with E-state index >= 15 is 0 Å². The Bertz CT molecular complexity index is 1060. The van der Waals surface area contributed by atoms with Crippen LogP contribution in [-0.4, -0.2) is 47.4 Å². The second kappa shape index (κ2) is 9.37. The van der Waals surface area contributed by atoms with Gasteiger partial charge in [-0.1, -0.05) is 6.92 Å². The summed E-state index contributed by atoms with van der Waals surface area (Å²) in [6, 6.07) is 8.23. The number of carbonyl (C=O) groups excluding carboxylic acids is 1. The van der Waals surface area contributed by atoms with E-state index in [1.165, 1.54) is 28.3 Å². The van der Waals surface area contributed by atoms with Crippen LogP contribution in [0.1, 0.15) is 19.4 Å². The number of fused-ring (bicyclic) bond motifs is 1. The molecule has 31 heavy (non-hydrogen) atoms. The van der Waals surface area contributed by atoms with Gasteiger partial charge in [-0.2, -0.15) is 0 Å². The highest BCUT2D eigenvalue weighted by molar-refractivity contribution is 8.00. The standard InChI is InChI=1S/C21H26N2O6S2/c1-13-12-23(14(2)24)17-10-16(6-7-20(17)30-13)31(25,26)22-11-15-8-18(27-3)21(29-5)19(9-15)28-4/h6-10,13,22H,11-12H2,1-5H3/t13-/m1/s1. The number of hydrogen-bond acceptors (Lipinski definition) is 7. The van der Waals surface area contributed by atoms with Crippen LogP contribution in [0.15, 0.2) is 40.1 Å². The van der Waals surface area contributed by atoms with Gasteiger partial charge < -0.3 is 19.1 Å².